The SMILES string of the molecule is COc1ccccc1C1CC(=O)Oc2cc3c(c(OC)c21)C(=O)OC(C)CCCC(=O)CCCC=C3. The molecule has 2 aromatic rings. The topological polar surface area (TPSA) is 88.1 Å². The van der Waals surface area contributed by atoms with E-state index >= 15 is 0 Å². The van der Waals surface area contributed by atoms with E-state index in [1.165, 1.54) is 7.11 Å². The van der Waals surface area contributed by atoms with Crippen LogP contribution >= 0.6 is 0 Å². The molecular formula is C29H32O7. The molecule has 7 heteroatoms. The molecule has 7 nitrogen and oxygen atoms in total. The number of fused-ring (bicyclic) bond motifs is 2. The van der Waals surface area contributed by atoms with Crippen molar-refractivity contribution in [1.29, 1.82) is 0 Å². The number of para-hydroxylation sites is 1. The maximum atomic E-state index is 13.5. The summed E-state index contributed by atoms with van der Waals surface area (Å²) in [6, 6.07) is 9.18. The molecule has 2 aliphatic rings. The molecule has 2 unspecified atom stereocenters. The van der Waals surface area contributed by atoms with Crippen LogP contribution in [0.25, 0.3) is 6.08 Å². The molecule has 0 saturated carbocycles. The van der Waals surface area contributed by atoms with Crippen molar-refractivity contribution in [2.24, 2.45) is 0 Å². The highest BCUT2D eigenvalue weighted by atomic mass is 16.5. The van der Waals surface area contributed by atoms with E-state index in [0.717, 1.165) is 12.0 Å². The van der Waals surface area contributed by atoms with Crippen LogP contribution in [0.5, 0.6) is 17.2 Å². The second-order valence-electron chi connectivity index (χ2n) is 9.20. The Morgan fingerprint density at radius 1 is 1.00 bits per heavy atom. The summed E-state index contributed by atoms with van der Waals surface area (Å²) in [7, 11) is 3.08. The summed E-state index contributed by atoms with van der Waals surface area (Å²) >= 11 is 0. The fraction of sp³-hybridized carbons (Fsp3) is 0.414. The number of cyclic esters (lactones) is 1. The number of hydrogen-bond acceptors (Lipinski definition) is 7. The summed E-state index contributed by atoms with van der Waals surface area (Å²) < 4.78 is 22.9. The van der Waals surface area contributed by atoms with Gasteiger partial charge in [-0.3, -0.25) is 9.59 Å². The zero-order valence-electron chi connectivity index (χ0n) is 21.0. The second kappa shape index (κ2) is 11.4. The molecule has 2 aromatic carbocycles. The smallest absolute Gasteiger partial charge is 0.342 e. The normalized spacial score (nSPS) is 20.9. The van der Waals surface area contributed by atoms with E-state index in [-0.39, 0.29) is 24.3 Å². The third-order valence-corrected chi connectivity index (χ3v) is 6.68. The lowest BCUT2D eigenvalue weighted by Crippen LogP contribution is -2.24. The lowest BCUT2D eigenvalue weighted by molar-refractivity contribution is -0.135. The highest BCUT2D eigenvalue weighted by molar-refractivity contribution is 5.99. The van der Waals surface area contributed by atoms with Crippen LogP contribution in [0.1, 0.15) is 84.8 Å². The first kappa shape index (κ1) is 25.5. The maximum Gasteiger partial charge on any atom is 0.342 e. The van der Waals surface area contributed by atoms with Crippen molar-refractivity contribution in [3.63, 3.8) is 0 Å². The number of benzene rings is 2. The first-order valence-electron chi connectivity index (χ1n) is 12.4. The van der Waals surface area contributed by atoms with Crippen LogP contribution in [-0.4, -0.2) is 38.0 Å². The number of allylic oxidation sites excluding steroid dienone is 1. The maximum absolute atomic E-state index is 13.5. The predicted molar refractivity (Wildman–Crippen MR) is 135 cm³/mol. The van der Waals surface area contributed by atoms with Crippen LogP contribution in [0.4, 0.5) is 0 Å². The molecule has 2 atom stereocenters. The van der Waals surface area contributed by atoms with Crippen molar-refractivity contribution in [3.8, 4) is 17.2 Å². The quantitative estimate of drug-likeness (QED) is 0.405. The molecule has 2 aliphatic heterocycles. The highest BCUT2D eigenvalue weighted by Crippen LogP contribution is 2.49. The summed E-state index contributed by atoms with van der Waals surface area (Å²) in [5.74, 6) is 0.224. The van der Waals surface area contributed by atoms with Gasteiger partial charge in [0.05, 0.1) is 26.7 Å². The number of esters is 2. The third-order valence-electron chi connectivity index (χ3n) is 6.68. The van der Waals surface area contributed by atoms with Gasteiger partial charge in [0.15, 0.2) is 0 Å². The number of ketones is 1. The standard InChI is InChI=1S/C29H32O7/c1-18-10-9-13-20(30)12-6-4-5-11-19-16-24-27(28(34-3)26(19)29(32)35-18)22(17-25(31)36-24)21-14-7-8-15-23(21)33-2/h5,7-8,11,14-16,18,22H,4,6,9-10,12-13,17H2,1-3H3. The fourth-order valence-corrected chi connectivity index (χ4v) is 4.93. The van der Waals surface area contributed by atoms with E-state index in [2.05, 4.69) is 0 Å². The highest BCUT2D eigenvalue weighted by Gasteiger charge is 2.37. The summed E-state index contributed by atoms with van der Waals surface area (Å²) in [4.78, 5) is 38.2. The lowest BCUT2D eigenvalue weighted by Gasteiger charge is -2.29. The summed E-state index contributed by atoms with van der Waals surface area (Å²) in [6.07, 6.45) is 7.13. The molecule has 190 valence electrons. The number of ether oxygens (including phenoxy) is 4. The first-order chi connectivity index (χ1) is 17.4. The molecule has 0 fully saturated rings. The van der Waals surface area contributed by atoms with Gasteiger partial charge < -0.3 is 18.9 Å². The average molecular weight is 493 g/mol. The minimum atomic E-state index is -0.513. The van der Waals surface area contributed by atoms with Gasteiger partial charge in [-0.05, 0) is 50.3 Å². The van der Waals surface area contributed by atoms with Crippen molar-refractivity contribution < 1.29 is 33.3 Å². The largest absolute Gasteiger partial charge is 0.496 e. The van der Waals surface area contributed by atoms with Crippen LogP contribution in [0.15, 0.2) is 36.4 Å². The van der Waals surface area contributed by atoms with Gasteiger partial charge >= 0.3 is 11.9 Å². The zero-order chi connectivity index (χ0) is 25.7. The third kappa shape index (κ3) is 5.45. The Balaban J connectivity index is 1.87. The average Bonchev–Trinajstić information content (AvgIpc) is 2.86. The van der Waals surface area contributed by atoms with Gasteiger partial charge in [0.25, 0.3) is 0 Å². The zero-order valence-corrected chi connectivity index (χ0v) is 21.0. The summed E-state index contributed by atoms with van der Waals surface area (Å²) in [5.41, 5.74) is 2.26. The number of Topliss-reactive ketones (excluding diaryl/α,β-unsaturated/α-hetero) is 1. The molecule has 0 aliphatic carbocycles. The molecule has 0 aromatic heterocycles. The van der Waals surface area contributed by atoms with Crippen LogP contribution in [0, 0.1) is 0 Å². The Morgan fingerprint density at radius 2 is 1.78 bits per heavy atom. The van der Waals surface area contributed by atoms with Gasteiger partial charge in [-0.15, -0.1) is 0 Å². The second-order valence-corrected chi connectivity index (χ2v) is 9.20. The molecule has 4 rings (SSSR count). The number of carbonyl (C=O) groups excluding carboxylic acids is 3. The van der Waals surface area contributed by atoms with Gasteiger partial charge in [0.1, 0.15) is 28.6 Å². The molecule has 0 amide bonds. The Kier molecular flexibility index (Phi) is 8.08. The fourth-order valence-electron chi connectivity index (χ4n) is 4.93. The van der Waals surface area contributed by atoms with Crippen molar-refractivity contribution in [3.05, 3.63) is 58.7 Å². The van der Waals surface area contributed by atoms with Crippen molar-refractivity contribution >= 4 is 23.8 Å². The van der Waals surface area contributed by atoms with E-state index in [4.69, 9.17) is 18.9 Å². The molecule has 0 N–H and O–H groups in total. The van der Waals surface area contributed by atoms with Gasteiger partial charge in [-0.2, -0.15) is 0 Å². The van der Waals surface area contributed by atoms with Gasteiger partial charge in [-0.1, -0.05) is 30.4 Å². The Hall–Kier alpha value is -3.61. The lowest BCUT2D eigenvalue weighted by atomic mass is 9.83. The predicted octanol–water partition coefficient (Wildman–Crippen LogP) is 5.63. The molecule has 0 radical (unpaired) electrons. The van der Waals surface area contributed by atoms with Gasteiger partial charge in [0.2, 0.25) is 0 Å². The first-order valence-corrected chi connectivity index (χ1v) is 12.4. The van der Waals surface area contributed by atoms with Crippen LogP contribution in [-0.2, 0) is 14.3 Å². The van der Waals surface area contributed by atoms with Crippen molar-refractivity contribution in [2.75, 3.05) is 14.2 Å². The molecule has 0 bridgehead atoms. The van der Waals surface area contributed by atoms with E-state index < -0.39 is 11.9 Å². The summed E-state index contributed by atoms with van der Waals surface area (Å²) in [6.45, 7) is 1.83. The Labute approximate surface area is 211 Å². The Morgan fingerprint density at radius 3 is 2.56 bits per heavy atom. The van der Waals surface area contributed by atoms with E-state index in [1.54, 1.807) is 19.3 Å². The Bertz CT molecular complexity index is 1180. The van der Waals surface area contributed by atoms with Crippen LogP contribution in [0.2, 0.25) is 0 Å². The monoisotopic (exact) mass is 492 g/mol. The van der Waals surface area contributed by atoms with Crippen molar-refractivity contribution in [1.82, 2.24) is 0 Å². The minimum Gasteiger partial charge on any atom is -0.496 e. The minimum absolute atomic E-state index is 0.0812. The van der Waals surface area contributed by atoms with Gasteiger partial charge in [0, 0.05) is 29.9 Å². The summed E-state index contributed by atoms with van der Waals surface area (Å²) in [5, 5.41) is 0. The number of methoxy groups -OCH3 is 2. The van der Waals surface area contributed by atoms with E-state index in [9.17, 15) is 14.4 Å². The van der Waals surface area contributed by atoms with Crippen LogP contribution < -0.4 is 14.2 Å². The number of hydrogen-bond donors (Lipinski definition) is 0. The van der Waals surface area contributed by atoms with Crippen LogP contribution in [0.3, 0.4) is 0 Å². The molecule has 36 heavy (non-hydrogen) atoms. The van der Waals surface area contributed by atoms with Crippen molar-refractivity contribution in [2.45, 2.75) is 63.9 Å². The van der Waals surface area contributed by atoms with Gasteiger partial charge in [-0.25, -0.2) is 4.79 Å². The molecular weight excluding hydrogens is 460 g/mol. The molecule has 2 heterocycles. The number of rotatable bonds is 3. The van der Waals surface area contributed by atoms with E-state index in [1.807, 2.05) is 37.3 Å². The molecule has 0 saturated heterocycles. The number of carbonyl (C=O) groups is 3. The molecule has 0 spiro atoms. The van der Waals surface area contributed by atoms with E-state index in [0.29, 0.717) is 66.0 Å².